The van der Waals surface area contributed by atoms with Crippen LogP contribution in [-0.4, -0.2) is 35.2 Å². The smallest absolute Gasteiger partial charge is 0.255 e. The number of nitrogens with one attached hydrogen (secondary N) is 1. The highest BCUT2D eigenvalue weighted by Gasteiger charge is 2.34. The van der Waals surface area contributed by atoms with Crippen molar-refractivity contribution in [2.45, 2.75) is 19.9 Å². The molecule has 0 bridgehead atoms. The van der Waals surface area contributed by atoms with E-state index < -0.39 is 29.6 Å². The van der Waals surface area contributed by atoms with Crippen molar-refractivity contribution in [3.8, 4) is 0 Å². The summed E-state index contributed by atoms with van der Waals surface area (Å²) in [4.78, 5) is 36.2. The molecule has 6 nitrogen and oxygen atoms in total. The Morgan fingerprint density at radius 1 is 1.45 bits per heavy atom. The second-order valence-electron chi connectivity index (χ2n) is 4.69. The maximum Gasteiger partial charge on any atom is 0.255 e. The molecule has 1 atom stereocenters. The second kappa shape index (κ2) is 4.92. The van der Waals surface area contributed by atoms with Crippen molar-refractivity contribution in [3.05, 3.63) is 29.1 Å². The molecule has 0 saturated carbocycles. The second-order valence-corrected chi connectivity index (χ2v) is 4.69. The van der Waals surface area contributed by atoms with Crippen LogP contribution in [0.15, 0.2) is 12.1 Å². The molecule has 1 heterocycles. The minimum atomic E-state index is -0.800. The Labute approximate surface area is 114 Å². The number of imide groups is 1. The Morgan fingerprint density at radius 3 is 2.70 bits per heavy atom. The number of nitrogens with zero attached hydrogens (tertiary/aromatic N) is 1. The Morgan fingerprint density at radius 2 is 2.10 bits per heavy atom. The van der Waals surface area contributed by atoms with Gasteiger partial charge < -0.3 is 10.6 Å². The molecule has 1 fully saturated rings. The number of anilines is 1. The van der Waals surface area contributed by atoms with Crippen LogP contribution >= 0.6 is 0 Å². The molecule has 20 heavy (non-hydrogen) atoms. The van der Waals surface area contributed by atoms with Gasteiger partial charge in [0.25, 0.3) is 5.91 Å². The van der Waals surface area contributed by atoms with Gasteiger partial charge in [0.1, 0.15) is 18.4 Å². The molecule has 0 aliphatic carbocycles. The summed E-state index contributed by atoms with van der Waals surface area (Å²) in [5.41, 5.74) is 6.03. The number of carbonyl (C=O) groups is 3. The van der Waals surface area contributed by atoms with Gasteiger partial charge in [0, 0.05) is 16.8 Å². The summed E-state index contributed by atoms with van der Waals surface area (Å²) in [6.45, 7) is 2.74. The zero-order valence-corrected chi connectivity index (χ0v) is 11.1. The van der Waals surface area contributed by atoms with Gasteiger partial charge in [-0.3, -0.25) is 19.7 Å². The number of nitrogens with two attached hydrogens (primary N) is 1. The summed E-state index contributed by atoms with van der Waals surface area (Å²) in [6, 6.07) is 1.59. The molecule has 0 radical (unpaired) electrons. The van der Waals surface area contributed by atoms with Gasteiger partial charge in [-0.15, -0.1) is 0 Å². The first-order valence-electron chi connectivity index (χ1n) is 6.01. The van der Waals surface area contributed by atoms with Crippen LogP contribution in [0.25, 0.3) is 0 Å². The van der Waals surface area contributed by atoms with E-state index in [4.69, 9.17) is 5.73 Å². The van der Waals surface area contributed by atoms with Crippen LogP contribution < -0.4 is 11.1 Å². The molecular weight excluding hydrogens is 265 g/mol. The lowest BCUT2D eigenvalue weighted by molar-refractivity contribution is -0.138. The summed E-state index contributed by atoms with van der Waals surface area (Å²) >= 11 is 0. The van der Waals surface area contributed by atoms with E-state index in [0.29, 0.717) is 0 Å². The van der Waals surface area contributed by atoms with Crippen molar-refractivity contribution in [2.24, 2.45) is 0 Å². The minimum absolute atomic E-state index is 0.0138. The molecule has 1 aliphatic heterocycles. The summed E-state index contributed by atoms with van der Waals surface area (Å²) in [5.74, 6) is -2.34. The van der Waals surface area contributed by atoms with Crippen LogP contribution in [0.5, 0.6) is 0 Å². The molecule has 1 aliphatic rings. The number of benzene rings is 1. The molecule has 3 N–H and O–H groups in total. The van der Waals surface area contributed by atoms with Gasteiger partial charge in [0.2, 0.25) is 11.8 Å². The monoisotopic (exact) mass is 279 g/mol. The molecule has 2 rings (SSSR count). The lowest BCUT2D eigenvalue weighted by Crippen LogP contribution is -2.58. The van der Waals surface area contributed by atoms with E-state index in [1.807, 2.05) is 0 Å². The number of rotatable bonds is 1. The van der Waals surface area contributed by atoms with Crippen LogP contribution in [0.1, 0.15) is 22.8 Å². The molecule has 7 heteroatoms. The van der Waals surface area contributed by atoms with Crippen molar-refractivity contribution >= 4 is 23.4 Å². The third kappa shape index (κ3) is 2.34. The Hall–Kier alpha value is -2.44. The molecule has 0 aromatic heterocycles. The molecular formula is C13H14FN3O3. The molecule has 1 saturated heterocycles. The zero-order chi connectivity index (χ0) is 15.0. The van der Waals surface area contributed by atoms with Crippen LogP contribution in [0, 0.1) is 12.7 Å². The lowest BCUT2D eigenvalue weighted by atomic mass is 10.1. The first-order chi connectivity index (χ1) is 9.31. The number of piperazine rings is 1. The van der Waals surface area contributed by atoms with Gasteiger partial charge in [-0.2, -0.15) is 0 Å². The average Bonchev–Trinajstić information content (AvgIpc) is 2.38. The SMILES string of the molecule is Cc1c(N)cc(C(=O)N2CC(=O)NC(=O)C2C)cc1F. The van der Waals surface area contributed by atoms with E-state index in [1.54, 1.807) is 0 Å². The summed E-state index contributed by atoms with van der Waals surface area (Å²) in [7, 11) is 0. The van der Waals surface area contributed by atoms with Crippen molar-refractivity contribution in [3.63, 3.8) is 0 Å². The maximum atomic E-state index is 13.6. The molecule has 106 valence electrons. The molecule has 3 amide bonds. The Kier molecular flexibility index (Phi) is 3.44. The lowest BCUT2D eigenvalue weighted by Gasteiger charge is -2.31. The zero-order valence-electron chi connectivity index (χ0n) is 11.1. The fourth-order valence-corrected chi connectivity index (χ4v) is 1.95. The fraction of sp³-hybridized carbons (Fsp3) is 0.308. The first-order valence-corrected chi connectivity index (χ1v) is 6.01. The average molecular weight is 279 g/mol. The van der Waals surface area contributed by atoms with E-state index in [0.717, 1.165) is 11.0 Å². The highest BCUT2D eigenvalue weighted by atomic mass is 19.1. The predicted octanol–water partition coefficient (Wildman–Crippen LogP) is 0.203. The van der Waals surface area contributed by atoms with Crippen LogP contribution in [0.4, 0.5) is 10.1 Å². The van der Waals surface area contributed by atoms with Crippen molar-refractivity contribution < 1.29 is 18.8 Å². The van der Waals surface area contributed by atoms with E-state index in [-0.39, 0.29) is 23.4 Å². The van der Waals surface area contributed by atoms with E-state index in [9.17, 15) is 18.8 Å². The largest absolute Gasteiger partial charge is 0.398 e. The van der Waals surface area contributed by atoms with Crippen LogP contribution in [0.2, 0.25) is 0 Å². The van der Waals surface area contributed by atoms with Gasteiger partial charge in [0.15, 0.2) is 0 Å². The third-order valence-corrected chi connectivity index (χ3v) is 3.32. The number of carbonyl (C=O) groups excluding carboxylic acids is 3. The number of hydrogen-bond acceptors (Lipinski definition) is 4. The first kappa shape index (κ1) is 14.0. The molecule has 1 aromatic rings. The predicted molar refractivity (Wildman–Crippen MR) is 69.2 cm³/mol. The van der Waals surface area contributed by atoms with Gasteiger partial charge in [-0.05, 0) is 26.0 Å². The number of amides is 3. The number of halogens is 1. The fourth-order valence-electron chi connectivity index (χ4n) is 1.95. The number of hydrogen-bond donors (Lipinski definition) is 2. The number of nitrogen functional groups attached to an aromatic ring is 1. The quantitative estimate of drug-likeness (QED) is 0.567. The summed E-state index contributed by atoms with van der Waals surface area (Å²) < 4.78 is 13.6. The Balaban J connectivity index is 2.35. The summed E-state index contributed by atoms with van der Waals surface area (Å²) in [5, 5.41) is 2.13. The maximum absolute atomic E-state index is 13.6. The normalized spacial score (nSPS) is 18.9. The third-order valence-electron chi connectivity index (χ3n) is 3.32. The highest BCUT2D eigenvalue weighted by molar-refractivity contribution is 6.07. The Bertz CT molecular complexity index is 592. The van der Waals surface area contributed by atoms with Gasteiger partial charge in [-0.1, -0.05) is 0 Å². The minimum Gasteiger partial charge on any atom is -0.398 e. The van der Waals surface area contributed by atoms with Crippen molar-refractivity contribution in [1.82, 2.24) is 10.2 Å². The molecule has 1 aromatic carbocycles. The molecule has 0 spiro atoms. The molecule has 1 unspecified atom stereocenters. The van der Waals surface area contributed by atoms with E-state index >= 15 is 0 Å². The van der Waals surface area contributed by atoms with E-state index in [2.05, 4.69) is 5.32 Å². The van der Waals surface area contributed by atoms with E-state index in [1.165, 1.54) is 19.9 Å². The topological polar surface area (TPSA) is 92.5 Å². The van der Waals surface area contributed by atoms with Crippen molar-refractivity contribution in [1.29, 1.82) is 0 Å². The summed E-state index contributed by atoms with van der Waals surface area (Å²) in [6.07, 6.45) is 0. The van der Waals surface area contributed by atoms with Gasteiger partial charge in [-0.25, -0.2) is 4.39 Å². The van der Waals surface area contributed by atoms with Crippen LogP contribution in [-0.2, 0) is 9.59 Å². The van der Waals surface area contributed by atoms with Gasteiger partial charge in [0.05, 0.1) is 0 Å². The standard InChI is InChI=1S/C13H14FN3O3/c1-6-9(14)3-8(4-10(6)15)13(20)17-5-11(18)16-12(19)7(17)2/h3-4,7H,5,15H2,1-2H3,(H,16,18,19). The highest BCUT2D eigenvalue weighted by Crippen LogP contribution is 2.20. The van der Waals surface area contributed by atoms with Crippen LogP contribution in [0.3, 0.4) is 0 Å². The van der Waals surface area contributed by atoms with Gasteiger partial charge >= 0.3 is 0 Å². The van der Waals surface area contributed by atoms with Crippen molar-refractivity contribution in [2.75, 3.05) is 12.3 Å².